The number of nitrogens with zero attached hydrogens (tertiary/aromatic N) is 2. The summed E-state index contributed by atoms with van der Waals surface area (Å²) in [6.45, 7) is 8.88. The van der Waals surface area contributed by atoms with Crippen LogP contribution in [-0.2, 0) is 17.8 Å². The lowest BCUT2D eigenvalue weighted by atomic mass is 9.99. The standard InChI is InChI=1S/C20H29N3O4/c1-4-7-16-19(24)23(20(25)21-16)13-22-9-8-14-10-17(26-5-2)18(27-6-3)11-15(14)12-22/h10-11,16H,4-9,12-13H2,1-3H3,(H,21,25)/t16-/m1/s1. The number of carbonyl (C=O) groups is 2. The predicted octanol–water partition coefficient (Wildman–Crippen LogP) is 2.52. The average molecular weight is 375 g/mol. The maximum absolute atomic E-state index is 12.5. The molecule has 0 spiro atoms. The van der Waals surface area contributed by atoms with Gasteiger partial charge in [-0.25, -0.2) is 9.69 Å². The summed E-state index contributed by atoms with van der Waals surface area (Å²) in [4.78, 5) is 28.1. The molecule has 1 fully saturated rings. The van der Waals surface area contributed by atoms with Crippen molar-refractivity contribution >= 4 is 11.9 Å². The van der Waals surface area contributed by atoms with Crippen LogP contribution in [0.25, 0.3) is 0 Å². The van der Waals surface area contributed by atoms with Crippen molar-refractivity contribution in [3.63, 3.8) is 0 Å². The van der Waals surface area contributed by atoms with E-state index in [9.17, 15) is 9.59 Å². The fraction of sp³-hybridized carbons (Fsp3) is 0.600. The minimum absolute atomic E-state index is 0.116. The van der Waals surface area contributed by atoms with Crippen molar-refractivity contribution in [1.82, 2.24) is 15.1 Å². The first kappa shape index (κ1) is 19.5. The zero-order valence-corrected chi connectivity index (χ0v) is 16.4. The third-order valence-electron chi connectivity index (χ3n) is 4.98. The normalized spacial score (nSPS) is 19.8. The Kier molecular flexibility index (Phi) is 6.21. The molecular formula is C20H29N3O4. The van der Waals surface area contributed by atoms with E-state index in [1.165, 1.54) is 10.5 Å². The molecule has 7 nitrogen and oxygen atoms in total. The second-order valence-corrected chi connectivity index (χ2v) is 6.93. The Morgan fingerprint density at radius 2 is 1.74 bits per heavy atom. The molecule has 0 bridgehead atoms. The van der Waals surface area contributed by atoms with Gasteiger partial charge < -0.3 is 14.8 Å². The summed E-state index contributed by atoms with van der Waals surface area (Å²) in [5.41, 5.74) is 2.39. The van der Waals surface area contributed by atoms with Gasteiger partial charge in [0.05, 0.1) is 19.9 Å². The maximum Gasteiger partial charge on any atom is 0.325 e. The number of ether oxygens (including phenoxy) is 2. The first-order valence-corrected chi connectivity index (χ1v) is 9.82. The van der Waals surface area contributed by atoms with Crippen LogP contribution in [0.1, 0.15) is 44.7 Å². The highest BCUT2D eigenvalue weighted by Gasteiger charge is 2.38. The molecule has 2 heterocycles. The van der Waals surface area contributed by atoms with Crippen LogP contribution in [0.2, 0.25) is 0 Å². The summed E-state index contributed by atoms with van der Waals surface area (Å²) >= 11 is 0. The summed E-state index contributed by atoms with van der Waals surface area (Å²) in [6.07, 6.45) is 2.40. The minimum atomic E-state index is -0.377. The Bertz CT molecular complexity index is 707. The summed E-state index contributed by atoms with van der Waals surface area (Å²) in [6, 6.07) is 3.43. The molecule has 7 heteroatoms. The van der Waals surface area contributed by atoms with Crippen LogP contribution < -0.4 is 14.8 Å². The van der Waals surface area contributed by atoms with Crippen molar-refractivity contribution in [2.24, 2.45) is 0 Å². The lowest BCUT2D eigenvalue weighted by Gasteiger charge is -2.31. The fourth-order valence-electron chi connectivity index (χ4n) is 3.68. The molecule has 0 aliphatic carbocycles. The van der Waals surface area contributed by atoms with E-state index in [1.54, 1.807) is 0 Å². The van der Waals surface area contributed by atoms with Crippen molar-refractivity contribution in [2.45, 2.75) is 52.6 Å². The number of nitrogens with one attached hydrogen (secondary N) is 1. The monoisotopic (exact) mass is 375 g/mol. The summed E-state index contributed by atoms with van der Waals surface area (Å²) in [5, 5.41) is 2.78. The van der Waals surface area contributed by atoms with Crippen molar-refractivity contribution in [2.75, 3.05) is 26.4 Å². The van der Waals surface area contributed by atoms with Gasteiger partial charge in [-0.05, 0) is 49.9 Å². The lowest BCUT2D eigenvalue weighted by molar-refractivity contribution is -0.129. The van der Waals surface area contributed by atoms with Gasteiger partial charge in [0.1, 0.15) is 6.04 Å². The second-order valence-electron chi connectivity index (χ2n) is 6.93. The molecule has 27 heavy (non-hydrogen) atoms. The van der Waals surface area contributed by atoms with Crippen LogP contribution in [0.3, 0.4) is 0 Å². The van der Waals surface area contributed by atoms with Gasteiger partial charge in [0.15, 0.2) is 11.5 Å². The molecule has 0 radical (unpaired) electrons. The second kappa shape index (κ2) is 8.61. The summed E-state index contributed by atoms with van der Waals surface area (Å²) < 4.78 is 11.4. The first-order chi connectivity index (χ1) is 13.1. The number of rotatable bonds is 8. The molecule has 3 rings (SSSR count). The zero-order chi connectivity index (χ0) is 19.4. The van der Waals surface area contributed by atoms with Gasteiger partial charge in [-0.2, -0.15) is 0 Å². The number of amides is 3. The number of benzene rings is 1. The lowest BCUT2D eigenvalue weighted by Crippen LogP contribution is -2.44. The largest absolute Gasteiger partial charge is 0.490 e. The third-order valence-corrected chi connectivity index (χ3v) is 4.98. The van der Waals surface area contributed by atoms with Crippen LogP contribution >= 0.6 is 0 Å². The predicted molar refractivity (Wildman–Crippen MR) is 102 cm³/mol. The van der Waals surface area contributed by atoms with Gasteiger partial charge in [-0.1, -0.05) is 13.3 Å². The maximum atomic E-state index is 12.5. The Hall–Kier alpha value is -2.28. The quantitative estimate of drug-likeness (QED) is 0.707. The van der Waals surface area contributed by atoms with Gasteiger partial charge in [0.2, 0.25) is 0 Å². The Morgan fingerprint density at radius 3 is 2.37 bits per heavy atom. The van der Waals surface area contributed by atoms with E-state index in [4.69, 9.17) is 9.47 Å². The van der Waals surface area contributed by atoms with Gasteiger partial charge in [-0.15, -0.1) is 0 Å². The number of carbonyl (C=O) groups excluding carboxylic acids is 2. The third kappa shape index (κ3) is 4.18. The van der Waals surface area contributed by atoms with E-state index >= 15 is 0 Å². The highest BCUT2D eigenvalue weighted by atomic mass is 16.5. The molecule has 3 amide bonds. The van der Waals surface area contributed by atoms with Crippen LogP contribution in [0.4, 0.5) is 4.79 Å². The van der Waals surface area contributed by atoms with Crippen molar-refractivity contribution in [1.29, 1.82) is 0 Å². The fourth-order valence-corrected chi connectivity index (χ4v) is 3.68. The number of hydrogen-bond donors (Lipinski definition) is 1. The molecule has 148 valence electrons. The number of urea groups is 1. The molecule has 1 aromatic rings. The molecule has 0 aromatic heterocycles. The molecule has 0 saturated carbocycles. The molecule has 1 atom stereocenters. The van der Waals surface area contributed by atoms with Crippen LogP contribution in [0.15, 0.2) is 12.1 Å². The van der Waals surface area contributed by atoms with E-state index in [0.717, 1.165) is 36.4 Å². The van der Waals surface area contributed by atoms with Gasteiger partial charge >= 0.3 is 6.03 Å². The van der Waals surface area contributed by atoms with Crippen molar-refractivity contribution < 1.29 is 19.1 Å². The van der Waals surface area contributed by atoms with Crippen molar-refractivity contribution in [3.05, 3.63) is 23.3 Å². The molecule has 1 saturated heterocycles. The van der Waals surface area contributed by atoms with E-state index in [-0.39, 0.29) is 18.0 Å². The van der Waals surface area contributed by atoms with Gasteiger partial charge in [0.25, 0.3) is 5.91 Å². The first-order valence-electron chi connectivity index (χ1n) is 9.82. The number of fused-ring (bicyclic) bond motifs is 1. The van der Waals surface area contributed by atoms with Crippen molar-refractivity contribution in [3.8, 4) is 11.5 Å². The average Bonchev–Trinajstić information content (AvgIpc) is 2.90. The Balaban J connectivity index is 1.71. The zero-order valence-electron chi connectivity index (χ0n) is 16.4. The number of hydrogen-bond acceptors (Lipinski definition) is 5. The van der Waals surface area contributed by atoms with Crippen LogP contribution in [0, 0.1) is 0 Å². The molecule has 1 aromatic carbocycles. The van der Waals surface area contributed by atoms with E-state index < -0.39 is 0 Å². The van der Waals surface area contributed by atoms with Gasteiger partial charge in [0, 0.05) is 13.1 Å². The Morgan fingerprint density at radius 1 is 1.07 bits per heavy atom. The van der Waals surface area contributed by atoms with Crippen LogP contribution in [0.5, 0.6) is 11.5 Å². The molecular weight excluding hydrogens is 346 g/mol. The summed E-state index contributed by atoms with van der Waals surface area (Å²) in [7, 11) is 0. The van der Waals surface area contributed by atoms with E-state index in [1.807, 2.05) is 26.8 Å². The minimum Gasteiger partial charge on any atom is -0.490 e. The van der Waals surface area contributed by atoms with Gasteiger partial charge in [-0.3, -0.25) is 9.69 Å². The SMILES string of the molecule is CCC[C@H]1NC(=O)N(CN2CCc3cc(OCC)c(OCC)cc3C2)C1=O. The highest BCUT2D eigenvalue weighted by Crippen LogP contribution is 2.34. The topological polar surface area (TPSA) is 71.1 Å². The van der Waals surface area contributed by atoms with E-state index in [2.05, 4.69) is 16.3 Å². The number of imide groups is 1. The molecule has 2 aliphatic heterocycles. The molecule has 0 unspecified atom stereocenters. The molecule has 1 N–H and O–H groups in total. The highest BCUT2D eigenvalue weighted by molar-refractivity contribution is 6.04. The van der Waals surface area contributed by atoms with E-state index in [0.29, 0.717) is 32.8 Å². The molecule has 2 aliphatic rings. The Labute approximate surface area is 160 Å². The smallest absolute Gasteiger partial charge is 0.325 e. The van der Waals surface area contributed by atoms with Crippen LogP contribution in [-0.4, -0.2) is 54.2 Å². The summed E-state index contributed by atoms with van der Waals surface area (Å²) in [5.74, 6) is 1.41.